The van der Waals surface area contributed by atoms with Gasteiger partial charge < -0.3 is 9.47 Å². The Morgan fingerprint density at radius 2 is 1.68 bits per heavy atom. The number of benzene rings is 1. The zero-order valence-corrected chi connectivity index (χ0v) is 12.6. The number of rotatable bonds is 8. The van der Waals surface area contributed by atoms with Crippen LogP contribution >= 0.6 is 10.2 Å². The molecule has 2 nitrogen and oxygen atoms in total. The Hall–Kier alpha value is -1.51. The van der Waals surface area contributed by atoms with Crippen molar-refractivity contribution in [3.8, 4) is 11.5 Å². The van der Waals surface area contributed by atoms with E-state index in [-0.39, 0.29) is 19.6 Å². The van der Waals surface area contributed by atoms with Gasteiger partial charge in [0.05, 0.1) is 13.2 Å². The van der Waals surface area contributed by atoms with Crippen LogP contribution < -0.4 is 9.47 Å². The predicted molar refractivity (Wildman–Crippen MR) is 73.9 cm³/mol. The van der Waals surface area contributed by atoms with E-state index in [9.17, 15) is 23.8 Å². The first-order valence-electron chi connectivity index (χ1n) is 6.33. The number of unbranched alkanes of at least 4 members (excludes halogenated alkanes) is 1. The second-order valence-corrected chi connectivity index (χ2v) is 6.73. The fourth-order valence-electron chi connectivity index (χ4n) is 1.67. The summed E-state index contributed by atoms with van der Waals surface area (Å²) in [5.41, 5.74) is 0. The van der Waals surface area contributed by atoms with Gasteiger partial charge in [-0.05, 0) is 31.9 Å². The highest BCUT2D eigenvalue weighted by molar-refractivity contribution is 8.45. The zero-order valence-electron chi connectivity index (χ0n) is 11.8. The largest absolute Gasteiger partial charge is 0.492 e. The molecule has 0 unspecified atom stereocenters. The molecule has 0 spiro atoms. The van der Waals surface area contributed by atoms with Crippen molar-refractivity contribution in [2.75, 3.05) is 13.2 Å². The van der Waals surface area contributed by atoms with Crippen molar-refractivity contribution in [1.29, 1.82) is 0 Å². The fraction of sp³-hybridized carbons (Fsp3) is 0.385. The summed E-state index contributed by atoms with van der Waals surface area (Å²) in [6.07, 6.45) is 2.18. The molecule has 0 aliphatic carbocycles. The topological polar surface area (TPSA) is 18.5 Å². The minimum atomic E-state index is -10.3. The fourth-order valence-corrected chi connectivity index (χ4v) is 2.62. The van der Waals surface area contributed by atoms with E-state index >= 15 is 0 Å². The Bertz CT molecular complexity index is 555. The normalized spacial score (nSPS) is 14.9. The minimum Gasteiger partial charge on any atom is -0.492 e. The van der Waals surface area contributed by atoms with Crippen molar-refractivity contribution in [3.63, 3.8) is 0 Å². The van der Waals surface area contributed by atoms with Crippen LogP contribution in [0.1, 0.15) is 19.8 Å². The molecule has 128 valence electrons. The van der Waals surface area contributed by atoms with Gasteiger partial charge in [0.2, 0.25) is 0 Å². The van der Waals surface area contributed by atoms with Gasteiger partial charge in [-0.3, -0.25) is 0 Å². The Labute approximate surface area is 124 Å². The van der Waals surface area contributed by atoms with Crippen LogP contribution in [0.5, 0.6) is 11.5 Å². The molecule has 1 aromatic rings. The van der Waals surface area contributed by atoms with E-state index < -0.39 is 32.4 Å². The van der Waals surface area contributed by atoms with Gasteiger partial charge in [0.15, 0.2) is 16.5 Å². The smallest absolute Gasteiger partial charge is 0.316 e. The number of hydrogen-bond donors (Lipinski definition) is 0. The van der Waals surface area contributed by atoms with Crippen molar-refractivity contribution in [1.82, 2.24) is 0 Å². The molecule has 0 heterocycles. The molecule has 0 aliphatic heterocycles. The molecule has 0 saturated heterocycles. The second-order valence-electron chi connectivity index (χ2n) is 4.39. The maximum Gasteiger partial charge on any atom is 0.316 e. The summed E-state index contributed by atoms with van der Waals surface area (Å²) < 4.78 is 88.6. The van der Waals surface area contributed by atoms with E-state index in [2.05, 4.69) is 11.3 Å². The summed E-state index contributed by atoms with van der Waals surface area (Å²) >= 11 is 0. The van der Waals surface area contributed by atoms with E-state index in [1.165, 1.54) is 13.0 Å². The van der Waals surface area contributed by atoms with E-state index in [4.69, 9.17) is 4.74 Å². The van der Waals surface area contributed by atoms with Crippen LogP contribution in [-0.4, -0.2) is 13.2 Å². The van der Waals surface area contributed by atoms with E-state index in [0.29, 0.717) is 12.5 Å². The van der Waals surface area contributed by atoms with Gasteiger partial charge in [0, 0.05) is 0 Å². The second kappa shape index (κ2) is 5.60. The predicted octanol–water partition coefficient (Wildman–Crippen LogP) is 6.23. The third-order valence-electron chi connectivity index (χ3n) is 2.52. The molecule has 0 aromatic heterocycles. The highest BCUT2D eigenvalue weighted by atomic mass is 32.5. The van der Waals surface area contributed by atoms with E-state index in [1.54, 1.807) is 0 Å². The molecular weight excluding hydrogens is 334 g/mol. The van der Waals surface area contributed by atoms with Crippen LogP contribution in [0.3, 0.4) is 0 Å². The number of hydrogen-bond acceptors (Lipinski definition) is 2. The Balaban J connectivity index is 3.34. The summed E-state index contributed by atoms with van der Waals surface area (Å²) in [6, 6.07) is 1.46. The molecule has 0 N–H and O–H groups in total. The molecule has 0 fully saturated rings. The zero-order chi connectivity index (χ0) is 17.1. The van der Waals surface area contributed by atoms with Crippen molar-refractivity contribution in [2.24, 2.45) is 0 Å². The highest BCUT2D eigenvalue weighted by Gasteiger charge is 2.69. The van der Waals surface area contributed by atoms with Gasteiger partial charge in [-0.2, -0.15) is 0 Å². The van der Waals surface area contributed by atoms with Gasteiger partial charge in [0.25, 0.3) is 0 Å². The van der Waals surface area contributed by atoms with Crippen molar-refractivity contribution in [2.45, 2.75) is 24.7 Å². The lowest BCUT2D eigenvalue weighted by atomic mass is 10.3. The summed E-state index contributed by atoms with van der Waals surface area (Å²) in [6.45, 7) is 4.34. The highest BCUT2D eigenvalue weighted by Crippen LogP contribution is 3.03. The van der Waals surface area contributed by atoms with E-state index in [1.807, 2.05) is 0 Å². The summed E-state index contributed by atoms with van der Waals surface area (Å²) in [4.78, 5) is -2.68. The standard InChI is InChI=1S/C13H16F6O2S/c1-3-5-6-9-21-11-8-7-10(20-4-2)12(14)13(11)22(15,16,17,18)19/h3,7-8H,1,4-6,9H2,2H3. The lowest BCUT2D eigenvalue weighted by molar-refractivity contribution is 0.275. The summed E-state index contributed by atoms with van der Waals surface area (Å²) in [7, 11) is -10.3. The third kappa shape index (κ3) is 4.75. The third-order valence-corrected chi connectivity index (χ3v) is 3.67. The molecule has 0 radical (unpaired) electrons. The monoisotopic (exact) mass is 350 g/mol. The van der Waals surface area contributed by atoms with Crippen molar-refractivity contribution in [3.05, 3.63) is 30.6 Å². The molecule has 0 atom stereocenters. The van der Waals surface area contributed by atoms with E-state index in [0.717, 1.165) is 6.07 Å². The molecule has 1 rings (SSSR count). The van der Waals surface area contributed by atoms with Crippen LogP contribution in [-0.2, 0) is 0 Å². The first-order valence-corrected chi connectivity index (χ1v) is 8.29. The summed E-state index contributed by atoms with van der Waals surface area (Å²) in [5, 5.41) is 0. The van der Waals surface area contributed by atoms with Crippen LogP contribution in [0.4, 0.5) is 23.8 Å². The van der Waals surface area contributed by atoms with Gasteiger partial charge in [-0.1, -0.05) is 25.5 Å². The van der Waals surface area contributed by atoms with Gasteiger partial charge in [0.1, 0.15) is 5.75 Å². The number of allylic oxidation sites excluding steroid dienone is 1. The van der Waals surface area contributed by atoms with Gasteiger partial charge in [-0.15, -0.1) is 6.58 Å². The molecule has 9 heteroatoms. The van der Waals surface area contributed by atoms with Crippen LogP contribution in [0.25, 0.3) is 0 Å². The first-order chi connectivity index (χ1) is 9.90. The van der Waals surface area contributed by atoms with Crippen LogP contribution in [0.15, 0.2) is 29.7 Å². The lowest BCUT2D eigenvalue weighted by Crippen LogP contribution is -2.13. The quantitative estimate of drug-likeness (QED) is 0.314. The maximum atomic E-state index is 13.9. The Morgan fingerprint density at radius 3 is 2.18 bits per heavy atom. The number of ether oxygens (including phenoxy) is 2. The molecule has 0 aliphatic rings. The lowest BCUT2D eigenvalue weighted by Gasteiger charge is -2.41. The number of halogens is 6. The SMILES string of the molecule is C=CCCCOc1ccc(OCC)c(F)c1S(F)(F)(F)(F)F. The molecule has 0 saturated carbocycles. The maximum absolute atomic E-state index is 13.9. The Kier molecular flexibility index (Phi) is 4.72. The molecule has 1 aromatic carbocycles. The van der Waals surface area contributed by atoms with Crippen molar-refractivity contribution < 1.29 is 33.3 Å². The van der Waals surface area contributed by atoms with Gasteiger partial charge in [-0.25, -0.2) is 4.39 Å². The average molecular weight is 350 g/mol. The summed E-state index contributed by atoms with van der Waals surface area (Å²) in [5.74, 6) is -4.31. The average Bonchev–Trinajstić information content (AvgIpc) is 2.34. The van der Waals surface area contributed by atoms with Gasteiger partial charge >= 0.3 is 10.2 Å². The first kappa shape index (κ1) is 18.5. The minimum absolute atomic E-state index is 0.170. The molecule has 22 heavy (non-hydrogen) atoms. The molecule has 0 amide bonds. The Morgan fingerprint density at radius 1 is 1.09 bits per heavy atom. The van der Waals surface area contributed by atoms with Crippen LogP contribution in [0.2, 0.25) is 0 Å². The molecule has 0 bridgehead atoms. The van der Waals surface area contributed by atoms with Crippen LogP contribution in [0, 0.1) is 5.82 Å². The molecular formula is C13H16F6O2S. The van der Waals surface area contributed by atoms with Crippen molar-refractivity contribution >= 4 is 10.2 Å².